The standard InChI is InChI=1S/C15H19N3OS/c1-9-10(2)20-6-5-18(9)15(19)13-8-17-14-7-11(16)3-4-12(13)14/h3-4,7-10,17H,5-6,16H2,1-2H3. The molecular formula is C15H19N3OS. The number of carbonyl (C=O) groups is 1. The van der Waals surface area contributed by atoms with Crippen molar-refractivity contribution in [1.29, 1.82) is 0 Å². The number of aromatic amines is 1. The summed E-state index contributed by atoms with van der Waals surface area (Å²) in [7, 11) is 0. The fourth-order valence-electron chi connectivity index (χ4n) is 2.70. The molecule has 106 valence electrons. The number of nitrogens with zero attached hydrogens (tertiary/aromatic N) is 1. The monoisotopic (exact) mass is 289 g/mol. The highest BCUT2D eigenvalue weighted by atomic mass is 32.2. The van der Waals surface area contributed by atoms with Crippen LogP contribution in [0.25, 0.3) is 10.9 Å². The van der Waals surface area contributed by atoms with Crippen molar-refractivity contribution < 1.29 is 4.79 Å². The first-order chi connectivity index (χ1) is 9.58. The highest BCUT2D eigenvalue weighted by Gasteiger charge is 2.30. The van der Waals surface area contributed by atoms with Crippen LogP contribution in [0.3, 0.4) is 0 Å². The Balaban J connectivity index is 1.96. The molecule has 1 fully saturated rings. The molecule has 3 N–H and O–H groups in total. The number of amides is 1. The maximum absolute atomic E-state index is 12.8. The molecule has 0 bridgehead atoms. The second-order valence-corrected chi connectivity index (χ2v) is 6.81. The number of benzene rings is 1. The minimum atomic E-state index is 0.112. The first-order valence-electron chi connectivity index (χ1n) is 6.87. The van der Waals surface area contributed by atoms with E-state index in [0.29, 0.717) is 10.9 Å². The third kappa shape index (κ3) is 2.16. The van der Waals surface area contributed by atoms with Gasteiger partial charge in [0.15, 0.2) is 0 Å². The Kier molecular flexibility index (Phi) is 3.38. The van der Waals surface area contributed by atoms with Gasteiger partial charge in [0.1, 0.15) is 0 Å². The molecule has 1 aliphatic rings. The summed E-state index contributed by atoms with van der Waals surface area (Å²) in [6.07, 6.45) is 1.80. The average Bonchev–Trinajstić information content (AvgIpc) is 2.84. The fraction of sp³-hybridized carbons (Fsp3) is 0.400. The number of H-pyrrole nitrogens is 1. The molecule has 20 heavy (non-hydrogen) atoms. The van der Waals surface area contributed by atoms with Gasteiger partial charge in [-0.3, -0.25) is 4.79 Å². The van der Waals surface area contributed by atoms with Crippen molar-refractivity contribution >= 4 is 34.3 Å². The van der Waals surface area contributed by atoms with Crippen LogP contribution in [-0.4, -0.2) is 39.4 Å². The molecule has 1 aromatic carbocycles. The van der Waals surface area contributed by atoms with Gasteiger partial charge in [0.2, 0.25) is 0 Å². The van der Waals surface area contributed by atoms with E-state index in [4.69, 9.17) is 5.73 Å². The molecule has 2 unspecified atom stereocenters. The number of hydrogen-bond donors (Lipinski definition) is 2. The van der Waals surface area contributed by atoms with Gasteiger partial charge in [-0.1, -0.05) is 6.92 Å². The summed E-state index contributed by atoms with van der Waals surface area (Å²) in [5.41, 5.74) is 8.14. The zero-order chi connectivity index (χ0) is 14.3. The van der Waals surface area contributed by atoms with Gasteiger partial charge in [-0.25, -0.2) is 0 Å². The molecule has 5 heteroatoms. The van der Waals surface area contributed by atoms with Gasteiger partial charge < -0.3 is 15.6 Å². The van der Waals surface area contributed by atoms with Crippen LogP contribution in [0.5, 0.6) is 0 Å². The molecular weight excluding hydrogens is 270 g/mol. The fourth-order valence-corrected chi connectivity index (χ4v) is 3.79. The number of anilines is 1. The first kappa shape index (κ1) is 13.4. The molecule has 1 saturated heterocycles. The molecule has 0 saturated carbocycles. The second kappa shape index (κ2) is 5.05. The Morgan fingerprint density at radius 1 is 1.45 bits per heavy atom. The lowest BCUT2D eigenvalue weighted by Gasteiger charge is -2.37. The number of fused-ring (bicyclic) bond motifs is 1. The first-order valence-corrected chi connectivity index (χ1v) is 7.92. The van der Waals surface area contributed by atoms with Crippen LogP contribution in [0.15, 0.2) is 24.4 Å². The molecule has 0 radical (unpaired) electrons. The van der Waals surface area contributed by atoms with E-state index in [1.165, 1.54) is 0 Å². The predicted molar refractivity (Wildman–Crippen MR) is 85.1 cm³/mol. The molecule has 4 nitrogen and oxygen atoms in total. The van der Waals surface area contributed by atoms with Crippen LogP contribution in [-0.2, 0) is 0 Å². The number of nitrogens with two attached hydrogens (primary N) is 1. The summed E-state index contributed by atoms with van der Waals surface area (Å²) in [5, 5.41) is 1.43. The number of nitrogen functional groups attached to an aromatic ring is 1. The lowest BCUT2D eigenvalue weighted by Crippen LogP contribution is -2.47. The summed E-state index contributed by atoms with van der Waals surface area (Å²) >= 11 is 1.93. The topological polar surface area (TPSA) is 62.1 Å². The number of nitrogens with one attached hydrogen (secondary N) is 1. The van der Waals surface area contributed by atoms with Crippen LogP contribution >= 0.6 is 11.8 Å². The number of aromatic nitrogens is 1. The molecule has 0 spiro atoms. The zero-order valence-corrected chi connectivity index (χ0v) is 12.5. The summed E-state index contributed by atoms with van der Waals surface area (Å²) < 4.78 is 0. The smallest absolute Gasteiger partial charge is 0.256 e. The minimum absolute atomic E-state index is 0.112. The summed E-state index contributed by atoms with van der Waals surface area (Å²) in [6.45, 7) is 5.13. The Hall–Kier alpha value is -1.62. The van der Waals surface area contributed by atoms with Crippen LogP contribution in [0.2, 0.25) is 0 Å². The molecule has 1 aromatic heterocycles. The molecule has 2 heterocycles. The predicted octanol–water partition coefficient (Wildman–Crippen LogP) is 2.72. The van der Waals surface area contributed by atoms with E-state index in [1.807, 2.05) is 34.9 Å². The highest BCUT2D eigenvalue weighted by Crippen LogP contribution is 2.28. The zero-order valence-electron chi connectivity index (χ0n) is 11.7. The third-order valence-electron chi connectivity index (χ3n) is 4.08. The maximum atomic E-state index is 12.8. The van der Waals surface area contributed by atoms with Gasteiger partial charge in [-0.15, -0.1) is 0 Å². The van der Waals surface area contributed by atoms with Crippen molar-refractivity contribution in [3.63, 3.8) is 0 Å². The normalized spacial score (nSPS) is 23.2. The summed E-state index contributed by atoms with van der Waals surface area (Å²) in [6, 6.07) is 5.89. The third-order valence-corrected chi connectivity index (χ3v) is 5.42. The van der Waals surface area contributed by atoms with Crippen molar-refractivity contribution in [3.05, 3.63) is 30.0 Å². The van der Waals surface area contributed by atoms with E-state index in [9.17, 15) is 4.79 Å². The van der Waals surface area contributed by atoms with E-state index in [0.717, 1.165) is 28.8 Å². The molecule has 2 atom stereocenters. The van der Waals surface area contributed by atoms with Crippen molar-refractivity contribution in [2.45, 2.75) is 25.1 Å². The van der Waals surface area contributed by atoms with Gasteiger partial charge in [0.25, 0.3) is 5.91 Å². The van der Waals surface area contributed by atoms with Gasteiger partial charge in [0, 0.05) is 46.4 Å². The quantitative estimate of drug-likeness (QED) is 0.793. The van der Waals surface area contributed by atoms with Gasteiger partial charge in [0.05, 0.1) is 5.56 Å². The van der Waals surface area contributed by atoms with Crippen LogP contribution in [0, 0.1) is 0 Å². The maximum Gasteiger partial charge on any atom is 0.256 e. The van der Waals surface area contributed by atoms with E-state index >= 15 is 0 Å². The molecule has 2 aromatic rings. The van der Waals surface area contributed by atoms with Crippen molar-refractivity contribution in [2.75, 3.05) is 18.0 Å². The average molecular weight is 289 g/mol. The largest absolute Gasteiger partial charge is 0.399 e. The highest BCUT2D eigenvalue weighted by molar-refractivity contribution is 8.00. The minimum Gasteiger partial charge on any atom is -0.399 e. The van der Waals surface area contributed by atoms with Crippen molar-refractivity contribution in [1.82, 2.24) is 9.88 Å². The lowest BCUT2D eigenvalue weighted by atomic mass is 10.1. The Labute approximate surface area is 122 Å². The summed E-state index contributed by atoms with van der Waals surface area (Å²) in [5.74, 6) is 1.12. The Bertz CT molecular complexity index is 652. The number of thioether (sulfide) groups is 1. The molecule has 0 aliphatic carbocycles. The van der Waals surface area contributed by atoms with Crippen LogP contribution in [0.1, 0.15) is 24.2 Å². The Morgan fingerprint density at radius 3 is 3.05 bits per heavy atom. The van der Waals surface area contributed by atoms with Gasteiger partial charge >= 0.3 is 0 Å². The van der Waals surface area contributed by atoms with E-state index in [1.54, 1.807) is 6.20 Å². The Morgan fingerprint density at radius 2 is 2.25 bits per heavy atom. The molecule has 1 aliphatic heterocycles. The molecule has 3 rings (SSSR count). The van der Waals surface area contributed by atoms with Crippen LogP contribution in [0.4, 0.5) is 5.69 Å². The second-order valence-electron chi connectivity index (χ2n) is 5.32. The van der Waals surface area contributed by atoms with Gasteiger partial charge in [-0.05, 0) is 25.1 Å². The van der Waals surface area contributed by atoms with Crippen molar-refractivity contribution in [2.24, 2.45) is 0 Å². The van der Waals surface area contributed by atoms with Gasteiger partial charge in [-0.2, -0.15) is 11.8 Å². The lowest BCUT2D eigenvalue weighted by molar-refractivity contribution is 0.0700. The van der Waals surface area contributed by atoms with Crippen LogP contribution < -0.4 is 5.73 Å². The number of hydrogen-bond acceptors (Lipinski definition) is 3. The van der Waals surface area contributed by atoms with Crippen molar-refractivity contribution in [3.8, 4) is 0 Å². The number of rotatable bonds is 1. The summed E-state index contributed by atoms with van der Waals surface area (Å²) in [4.78, 5) is 17.9. The number of carbonyl (C=O) groups excluding carboxylic acids is 1. The van der Waals surface area contributed by atoms with E-state index in [-0.39, 0.29) is 11.9 Å². The van der Waals surface area contributed by atoms with E-state index in [2.05, 4.69) is 18.8 Å². The molecule has 1 amide bonds. The SMILES string of the molecule is CC1SCCN(C(=O)c2c[nH]c3cc(N)ccc23)C1C. The van der Waals surface area contributed by atoms with E-state index < -0.39 is 0 Å².